The molecule has 0 bridgehead atoms. The van der Waals surface area contributed by atoms with Gasteiger partial charge in [-0.15, -0.1) is 0 Å². The third kappa shape index (κ3) is 2.37. The minimum Gasteiger partial charge on any atom is -0.458 e. The summed E-state index contributed by atoms with van der Waals surface area (Å²) < 4.78 is 5.91. The molecule has 1 aliphatic rings. The topological polar surface area (TPSA) is 33.4 Å². The van der Waals surface area contributed by atoms with Crippen LogP contribution in [0.1, 0.15) is 50.9 Å². The van der Waals surface area contributed by atoms with Crippen molar-refractivity contribution in [3.05, 3.63) is 35.6 Å². The van der Waals surface area contributed by atoms with E-state index >= 15 is 0 Å². The van der Waals surface area contributed by atoms with Crippen LogP contribution in [0.25, 0.3) is 11.0 Å². The molecule has 0 atom stereocenters. The fraction of sp³-hybridized carbons (Fsp3) is 0.556. The number of benzene rings is 1. The number of aliphatic hydroxyl groups is 1. The molecule has 3 rings (SSSR count). The van der Waals surface area contributed by atoms with Crippen LogP contribution in [0.5, 0.6) is 0 Å². The maximum atomic E-state index is 10.9. The van der Waals surface area contributed by atoms with E-state index in [0.29, 0.717) is 5.92 Å². The molecule has 0 radical (unpaired) electrons. The van der Waals surface area contributed by atoms with Crippen LogP contribution in [-0.2, 0) is 5.60 Å². The molecule has 2 nitrogen and oxygen atoms in total. The molecule has 108 valence electrons. The van der Waals surface area contributed by atoms with Gasteiger partial charge in [0, 0.05) is 5.39 Å². The van der Waals surface area contributed by atoms with E-state index in [4.69, 9.17) is 4.42 Å². The lowest BCUT2D eigenvalue weighted by atomic mass is 9.74. The second-order valence-electron chi connectivity index (χ2n) is 6.76. The van der Waals surface area contributed by atoms with Gasteiger partial charge < -0.3 is 9.52 Å². The van der Waals surface area contributed by atoms with Gasteiger partial charge in [-0.05, 0) is 62.6 Å². The van der Waals surface area contributed by atoms with Crippen molar-refractivity contribution in [2.75, 3.05) is 0 Å². The first-order valence-corrected chi connectivity index (χ1v) is 7.71. The van der Waals surface area contributed by atoms with Gasteiger partial charge in [0.2, 0.25) is 0 Å². The van der Waals surface area contributed by atoms with Crippen molar-refractivity contribution in [3.8, 4) is 0 Å². The van der Waals surface area contributed by atoms with Gasteiger partial charge in [-0.2, -0.15) is 0 Å². The summed E-state index contributed by atoms with van der Waals surface area (Å²) in [7, 11) is 0. The van der Waals surface area contributed by atoms with Crippen LogP contribution in [0.4, 0.5) is 0 Å². The summed E-state index contributed by atoms with van der Waals surface area (Å²) in [6, 6.07) is 8.19. The molecule has 0 amide bonds. The fourth-order valence-electron chi connectivity index (χ4n) is 3.42. The molecule has 0 unspecified atom stereocenters. The molecule has 1 fully saturated rings. The first kappa shape index (κ1) is 13.7. The van der Waals surface area contributed by atoms with Crippen molar-refractivity contribution in [1.29, 1.82) is 0 Å². The zero-order valence-corrected chi connectivity index (χ0v) is 12.6. The van der Waals surface area contributed by atoms with Crippen molar-refractivity contribution in [3.63, 3.8) is 0 Å². The highest BCUT2D eigenvalue weighted by Gasteiger charge is 2.38. The number of hydrogen-bond donors (Lipinski definition) is 1. The molecule has 20 heavy (non-hydrogen) atoms. The lowest BCUT2D eigenvalue weighted by Crippen LogP contribution is -2.32. The van der Waals surface area contributed by atoms with E-state index in [2.05, 4.69) is 32.9 Å². The molecule has 0 saturated heterocycles. The predicted molar refractivity (Wildman–Crippen MR) is 81.6 cm³/mol. The Hall–Kier alpha value is -1.28. The van der Waals surface area contributed by atoms with Crippen LogP contribution in [0.2, 0.25) is 0 Å². The summed E-state index contributed by atoms with van der Waals surface area (Å²) in [5.74, 6) is 2.19. The van der Waals surface area contributed by atoms with Crippen LogP contribution in [0, 0.1) is 18.8 Å². The number of furan rings is 1. The van der Waals surface area contributed by atoms with Crippen LogP contribution in [0.15, 0.2) is 28.7 Å². The first-order chi connectivity index (χ1) is 9.48. The van der Waals surface area contributed by atoms with E-state index in [1.807, 2.05) is 12.1 Å². The molecule has 0 spiro atoms. The number of rotatable bonds is 2. The third-order valence-electron chi connectivity index (χ3n) is 4.93. The van der Waals surface area contributed by atoms with Crippen molar-refractivity contribution < 1.29 is 9.52 Å². The molecule has 1 heterocycles. The molecule has 1 saturated carbocycles. The van der Waals surface area contributed by atoms with E-state index in [9.17, 15) is 5.11 Å². The highest BCUT2D eigenvalue weighted by atomic mass is 16.4. The molecule has 1 aliphatic carbocycles. The molecule has 2 aromatic rings. The van der Waals surface area contributed by atoms with Crippen LogP contribution in [-0.4, -0.2) is 5.11 Å². The maximum absolute atomic E-state index is 10.9. The Bertz CT molecular complexity index is 601. The van der Waals surface area contributed by atoms with E-state index < -0.39 is 5.60 Å². The van der Waals surface area contributed by atoms with Crippen LogP contribution in [0.3, 0.4) is 0 Å². The lowest BCUT2D eigenvalue weighted by molar-refractivity contribution is -0.0359. The summed E-state index contributed by atoms with van der Waals surface area (Å²) in [5, 5.41) is 12.0. The van der Waals surface area contributed by atoms with Gasteiger partial charge in [0.25, 0.3) is 0 Å². The predicted octanol–water partition coefficient (Wildman–Crippen LogP) is 4.78. The molecule has 2 heteroatoms. The fourth-order valence-corrected chi connectivity index (χ4v) is 3.42. The molecular formula is C18H24O2. The summed E-state index contributed by atoms with van der Waals surface area (Å²) in [6.45, 7) is 6.63. The molecule has 1 aromatic carbocycles. The van der Waals surface area contributed by atoms with Gasteiger partial charge >= 0.3 is 0 Å². The van der Waals surface area contributed by atoms with Gasteiger partial charge in [0.05, 0.1) is 0 Å². The summed E-state index contributed by atoms with van der Waals surface area (Å²) in [5.41, 5.74) is 1.34. The Kier molecular flexibility index (Phi) is 3.37. The molecule has 1 N–H and O–H groups in total. The van der Waals surface area contributed by atoms with Gasteiger partial charge in [-0.1, -0.05) is 25.5 Å². The minimum absolute atomic E-state index is 0.706. The van der Waals surface area contributed by atoms with Gasteiger partial charge in [-0.25, -0.2) is 0 Å². The van der Waals surface area contributed by atoms with E-state index in [1.54, 1.807) is 0 Å². The highest BCUT2D eigenvalue weighted by molar-refractivity contribution is 5.78. The average molecular weight is 272 g/mol. The second-order valence-corrected chi connectivity index (χ2v) is 6.76. The number of fused-ring (bicyclic) bond motifs is 1. The van der Waals surface area contributed by atoms with Crippen LogP contribution < -0.4 is 0 Å². The highest BCUT2D eigenvalue weighted by Crippen LogP contribution is 2.43. The van der Waals surface area contributed by atoms with Gasteiger partial charge in [0.15, 0.2) is 0 Å². The number of aryl methyl sites for hydroxylation is 1. The zero-order valence-electron chi connectivity index (χ0n) is 12.6. The van der Waals surface area contributed by atoms with E-state index in [-0.39, 0.29) is 0 Å². The Morgan fingerprint density at radius 1 is 1.20 bits per heavy atom. The number of hydrogen-bond acceptors (Lipinski definition) is 2. The van der Waals surface area contributed by atoms with E-state index in [0.717, 1.165) is 48.3 Å². The first-order valence-electron chi connectivity index (χ1n) is 7.71. The largest absolute Gasteiger partial charge is 0.458 e. The molecular weight excluding hydrogens is 248 g/mol. The third-order valence-corrected chi connectivity index (χ3v) is 4.93. The second kappa shape index (κ2) is 4.92. The van der Waals surface area contributed by atoms with Crippen molar-refractivity contribution >= 4 is 11.0 Å². The zero-order chi connectivity index (χ0) is 14.3. The maximum Gasteiger partial charge on any atom is 0.136 e. The molecule has 1 aromatic heterocycles. The van der Waals surface area contributed by atoms with Crippen LogP contribution >= 0.6 is 0 Å². The van der Waals surface area contributed by atoms with Crippen molar-refractivity contribution in [1.82, 2.24) is 0 Å². The van der Waals surface area contributed by atoms with E-state index in [1.165, 1.54) is 5.56 Å². The van der Waals surface area contributed by atoms with Gasteiger partial charge in [0.1, 0.15) is 16.9 Å². The SMILES string of the molecule is Cc1ccc2oc(C3(O)CCC(C(C)C)CC3)cc2c1. The Labute approximate surface area is 120 Å². The summed E-state index contributed by atoms with van der Waals surface area (Å²) in [6.07, 6.45) is 3.80. The van der Waals surface area contributed by atoms with Crippen molar-refractivity contribution in [2.45, 2.75) is 52.1 Å². The summed E-state index contributed by atoms with van der Waals surface area (Å²) in [4.78, 5) is 0. The average Bonchev–Trinajstić information content (AvgIpc) is 2.83. The van der Waals surface area contributed by atoms with Crippen molar-refractivity contribution in [2.24, 2.45) is 11.8 Å². The normalized spacial score (nSPS) is 27.4. The standard InChI is InChI=1S/C18H24O2/c1-12(2)14-6-8-18(19,9-7-14)17-11-15-10-13(3)4-5-16(15)20-17/h4-5,10-12,14,19H,6-9H2,1-3H3. The Morgan fingerprint density at radius 2 is 1.90 bits per heavy atom. The lowest BCUT2D eigenvalue weighted by Gasteiger charge is -2.36. The molecule has 0 aliphatic heterocycles. The van der Waals surface area contributed by atoms with Gasteiger partial charge in [-0.3, -0.25) is 0 Å². The minimum atomic E-state index is -0.766. The monoisotopic (exact) mass is 272 g/mol. The quantitative estimate of drug-likeness (QED) is 0.854. The summed E-state index contributed by atoms with van der Waals surface area (Å²) >= 11 is 0. The Balaban J connectivity index is 1.87. The smallest absolute Gasteiger partial charge is 0.136 e. The Morgan fingerprint density at radius 3 is 2.55 bits per heavy atom.